The zero-order valence-corrected chi connectivity index (χ0v) is 12.9. The summed E-state index contributed by atoms with van der Waals surface area (Å²) in [5, 5.41) is 0. The average Bonchev–Trinajstić information content (AvgIpc) is 2.46. The van der Waals surface area contributed by atoms with Crippen LogP contribution < -0.4 is 9.47 Å². The highest BCUT2D eigenvalue weighted by atomic mass is 32.2. The van der Waals surface area contributed by atoms with Crippen molar-refractivity contribution >= 4 is 10.0 Å². The molecule has 1 atom stereocenters. The molecule has 2 rings (SSSR count). The Morgan fingerprint density at radius 2 is 1.90 bits per heavy atom. The monoisotopic (exact) mass is 319 g/mol. The summed E-state index contributed by atoms with van der Waals surface area (Å²) < 4.78 is 55.8. The minimum Gasteiger partial charge on any atom is -0.493 e. The van der Waals surface area contributed by atoms with Crippen LogP contribution in [0.25, 0.3) is 0 Å². The van der Waals surface area contributed by atoms with E-state index in [4.69, 9.17) is 14.2 Å². The van der Waals surface area contributed by atoms with Gasteiger partial charge in [0.25, 0.3) is 0 Å². The zero-order chi connectivity index (χ0) is 15.6. The third-order valence-electron chi connectivity index (χ3n) is 3.33. The highest BCUT2D eigenvalue weighted by Gasteiger charge is 2.34. The van der Waals surface area contributed by atoms with Gasteiger partial charge in [0.05, 0.1) is 27.4 Å². The Hall–Kier alpha value is -1.38. The second-order valence-electron chi connectivity index (χ2n) is 4.68. The predicted octanol–water partition coefficient (Wildman–Crippen LogP) is 1.25. The van der Waals surface area contributed by atoms with Crippen LogP contribution in [-0.4, -0.2) is 52.7 Å². The first kappa shape index (κ1) is 16.0. The predicted molar refractivity (Wildman–Crippen MR) is 73.7 cm³/mol. The van der Waals surface area contributed by atoms with E-state index in [0.717, 1.165) is 12.1 Å². The maximum Gasteiger partial charge on any atom is 0.246 e. The van der Waals surface area contributed by atoms with Crippen molar-refractivity contribution in [2.75, 3.05) is 34.0 Å². The molecule has 118 valence electrons. The summed E-state index contributed by atoms with van der Waals surface area (Å²) in [5.74, 6) is -0.561. The second kappa shape index (κ2) is 6.17. The van der Waals surface area contributed by atoms with Crippen LogP contribution in [-0.2, 0) is 14.8 Å². The quantitative estimate of drug-likeness (QED) is 0.836. The summed E-state index contributed by atoms with van der Waals surface area (Å²) in [7, 11) is -1.24. The number of hydrogen-bond donors (Lipinski definition) is 0. The first-order chi connectivity index (χ1) is 9.91. The third kappa shape index (κ3) is 2.97. The molecule has 1 aliphatic rings. The van der Waals surface area contributed by atoms with Gasteiger partial charge in [-0.3, -0.25) is 0 Å². The van der Waals surface area contributed by atoms with Crippen molar-refractivity contribution in [2.45, 2.75) is 17.9 Å². The SMILES string of the molecule is COc1cc(F)c(S(=O)(=O)N2CCOCC2C)cc1OC. The minimum atomic E-state index is -3.96. The molecule has 1 aromatic carbocycles. The number of ether oxygens (including phenoxy) is 3. The lowest BCUT2D eigenvalue weighted by atomic mass is 10.3. The first-order valence-corrected chi connectivity index (χ1v) is 7.87. The number of benzene rings is 1. The largest absolute Gasteiger partial charge is 0.493 e. The van der Waals surface area contributed by atoms with Crippen LogP contribution in [0.5, 0.6) is 11.5 Å². The van der Waals surface area contributed by atoms with Gasteiger partial charge < -0.3 is 14.2 Å². The van der Waals surface area contributed by atoms with Crippen LogP contribution in [0.2, 0.25) is 0 Å². The standard InChI is InChI=1S/C13H18FNO5S/c1-9-8-20-5-4-15(9)21(16,17)13-7-12(19-3)11(18-2)6-10(13)14/h6-7,9H,4-5,8H2,1-3H3. The number of rotatable bonds is 4. The molecule has 1 unspecified atom stereocenters. The Morgan fingerprint density at radius 3 is 2.48 bits per heavy atom. The van der Waals surface area contributed by atoms with E-state index in [9.17, 15) is 12.8 Å². The maximum absolute atomic E-state index is 14.2. The lowest BCUT2D eigenvalue weighted by Gasteiger charge is -2.32. The molecule has 1 fully saturated rings. The molecule has 0 amide bonds. The number of methoxy groups -OCH3 is 2. The van der Waals surface area contributed by atoms with Gasteiger partial charge in [-0.15, -0.1) is 0 Å². The Labute approximate surface area is 123 Å². The molecule has 6 nitrogen and oxygen atoms in total. The summed E-state index contributed by atoms with van der Waals surface area (Å²) in [6, 6.07) is 1.80. The maximum atomic E-state index is 14.2. The Bertz CT molecular complexity index is 619. The van der Waals surface area contributed by atoms with Crippen molar-refractivity contribution in [1.82, 2.24) is 4.31 Å². The molecule has 1 aromatic rings. The van der Waals surface area contributed by atoms with E-state index in [2.05, 4.69) is 0 Å². The van der Waals surface area contributed by atoms with Gasteiger partial charge in [0, 0.05) is 24.7 Å². The molecular weight excluding hydrogens is 301 g/mol. The van der Waals surface area contributed by atoms with Crippen LogP contribution >= 0.6 is 0 Å². The van der Waals surface area contributed by atoms with E-state index >= 15 is 0 Å². The summed E-state index contributed by atoms with van der Waals surface area (Å²) in [6.45, 7) is 2.49. The zero-order valence-electron chi connectivity index (χ0n) is 12.1. The summed E-state index contributed by atoms with van der Waals surface area (Å²) in [5.41, 5.74) is 0. The summed E-state index contributed by atoms with van der Waals surface area (Å²) >= 11 is 0. The van der Waals surface area contributed by atoms with E-state index < -0.39 is 20.7 Å². The minimum absolute atomic E-state index is 0.143. The van der Waals surface area contributed by atoms with Gasteiger partial charge >= 0.3 is 0 Å². The topological polar surface area (TPSA) is 65.1 Å². The van der Waals surface area contributed by atoms with E-state index in [0.29, 0.717) is 6.61 Å². The number of halogens is 1. The number of nitrogens with zero attached hydrogens (tertiary/aromatic N) is 1. The molecule has 0 spiro atoms. The normalized spacial score (nSPS) is 20.3. The van der Waals surface area contributed by atoms with Crippen molar-refractivity contribution in [2.24, 2.45) is 0 Å². The second-order valence-corrected chi connectivity index (χ2v) is 6.54. The molecule has 0 N–H and O–H groups in total. The molecule has 0 radical (unpaired) electrons. The van der Waals surface area contributed by atoms with Crippen molar-refractivity contribution < 1.29 is 27.0 Å². The lowest BCUT2D eigenvalue weighted by molar-refractivity contribution is 0.0392. The fraction of sp³-hybridized carbons (Fsp3) is 0.538. The average molecular weight is 319 g/mol. The lowest BCUT2D eigenvalue weighted by Crippen LogP contribution is -2.47. The fourth-order valence-corrected chi connectivity index (χ4v) is 3.89. The molecule has 0 aromatic heterocycles. The van der Waals surface area contributed by atoms with Gasteiger partial charge in [0.2, 0.25) is 10.0 Å². The van der Waals surface area contributed by atoms with Gasteiger partial charge in [0.15, 0.2) is 11.5 Å². The smallest absolute Gasteiger partial charge is 0.246 e. The van der Waals surface area contributed by atoms with Crippen molar-refractivity contribution in [1.29, 1.82) is 0 Å². The first-order valence-electron chi connectivity index (χ1n) is 6.43. The van der Waals surface area contributed by atoms with Gasteiger partial charge in [-0.25, -0.2) is 12.8 Å². The van der Waals surface area contributed by atoms with Crippen LogP contribution in [0.1, 0.15) is 6.92 Å². The molecule has 1 aliphatic heterocycles. The van der Waals surface area contributed by atoms with E-state index in [1.54, 1.807) is 6.92 Å². The van der Waals surface area contributed by atoms with Crippen molar-refractivity contribution in [3.05, 3.63) is 17.9 Å². The van der Waals surface area contributed by atoms with E-state index in [1.165, 1.54) is 18.5 Å². The van der Waals surface area contributed by atoms with Crippen LogP contribution in [0.3, 0.4) is 0 Å². The molecule has 0 saturated carbocycles. The van der Waals surface area contributed by atoms with Crippen LogP contribution in [0.15, 0.2) is 17.0 Å². The van der Waals surface area contributed by atoms with Crippen LogP contribution in [0, 0.1) is 5.82 Å². The molecule has 0 bridgehead atoms. The fourth-order valence-electron chi connectivity index (χ4n) is 2.23. The Balaban J connectivity index is 2.49. The molecule has 21 heavy (non-hydrogen) atoms. The number of sulfonamides is 1. The van der Waals surface area contributed by atoms with Gasteiger partial charge in [-0.1, -0.05) is 0 Å². The van der Waals surface area contributed by atoms with Gasteiger partial charge in [-0.2, -0.15) is 4.31 Å². The molecule has 8 heteroatoms. The molecule has 0 aliphatic carbocycles. The van der Waals surface area contributed by atoms with Gasteiger partial charge in [0.1, 0.15) is 10.7 Å². The highest BCUT2D eigenvalue weighted by molar-refractivity contribution is 7.89. The molecule has 1 heterocycles. The summed E-state index contributed by atoms with van der Waals surface area (Å²) in [4.78, 5) is -0.422. The molecular formula is C13H18FNO5S. The Kier molecular flexibility index (Phi) is 4.70. The Morgan fingerprint density at radius 1 is 1.29 bits per heavy atom. The van der Waals surface area contributed by atoms with Crippen LogP contribution in [0.4, 0.5) is 4.39 Å². The number of hydrogen-bond acceptors (Lipinski definition) is 5. The third-order valence-corrected chi connectivity index (χ3v) is 5.36. The highest BCUT2D eigenvalue weighted by Crippen LogP contribution is 2.33. The number of morpholine rings is 1. The van der Waals surface area contributed by atoms with E-state index in [1.807, 2.05) is 0 Å². The van der Waals surface area contributed by atoms with E-state index in [-0.39, 0.29) is 30.7 Å². The van der Waals surface area contributed by atoms with Crippen molar-refractivity contribution in [3.63, 3.8) is 0 Å². The molecule has 1 saturated heterocycles. The van der Waals surface area contributed by atoms with Gasteiger partial charge in [-0.05, 0) is 6.92 Å². The van der Waals surface area contributed by atoms with Crippen molar-refractivity contribution in [3.8, 4) is 11.5 Å². The summed E-state index contributed by atoms with van der Waals surface area (Å²) in [6.07, 6.45) is 0.